The van der Waals surface area contributed by atoms with Crippen LogP contribution in [0.2, 0.25) is 0 Å². The normalized spacial score (nSPS) is 13.4. The van der Waals surface area contributed by atoms with Crippen molar-refractivity contribution < 1.29 is 74.2 Å². The smallest absolute Gasteiger partial charge is 0.338 e. The molecule has 0 aliphatic rings. The van der Waals surface area contributed by atoms with Crippen LogP contribution >= 0.6 is 0 Å². The molecule has 0 aliphatic carbocycles. The van der Waals surface area contributed by atoms with Crippen molar-refractivity contribution in [1.29, 1.82) is 0 Å². The fraction of sp³-hybridized carbons (Fsp3) is 0.610. The van der Waals surface area contributed by atoms with Gasteiger partial charge in [0.05, 0.1) is 87.4 Å². The van der Waals surface area contributed by atoms with Gasteiger partial charge in [-0.25, -0.2) is 14.4 Å². The molecule has 56 heavy (non-hydrogen) atoms. The number of hydrogen-bond acceptors (Lipinski definition) is 15. The quantitative estimate of drug-likeness (QED) is 0.0245. The van der Waals surface area contributed by atoms with Crippen LogP contribution in [0.1, 0.15) is 131 Å². The lowest BCUT2D eigenvalue weighted by Gasteiger charge is -2.14. The minimum absolute atomic E-state index is 0.00141. The molecule has 4 atom stereocenters. The molecule has 2 rings (SSSR count). The fourth-order valence-corrected chi connectivity index (χ4v) is 5.65. The summed E-state index contributed by atoms with van der Waals surface area (Å²) in [4.78, 5) is 53.3. The molecule has 0 spiro atoms. The van der Waals surface area contributed by atoms with Crippen molar-refractivity contribution in [3.05, 3.63) is 58.7 Å². The highest BCUT2D eigenvalue weighted by molar-refractivity contribution is 6.02. The van der Waals surface area contributed by atoms with Crippen LogP contribution in [0.4, 0.5) is 0 Å². The largest absolute Gasteiger partial charge is 0.462 e. The maximum Gasteiger partial charge on any atom is 0.338 e. The van der Waals surface area contributed by atoms with Crippen molar-refractivity contribution in [3.63, 3.8) is 0 Å². The van der Waals surface area contributed by atoms with E-state index in [2.05, 4.69) is 0 Å². The molecule has 0 fully saturated rings. The van der Waals surface area contributed by atoms with E-state index in [1.165, 1.54) is 30.3 Å². The standard InChI is InChI=1S/C41H60O15/c42-24-34(46)10-2-1-3-14-38(50)30-18-28(19-31(22-30)39(51)54-15-7-4-11-35(47)25-43)29-20-32(40(52)55-16-8-5-12-36(48)26-44)23-33(21-29)41(53)56-17-9-6-13-37(49)27-45/h18-23,34-37,42-49H,1-17,24-27H2. The number of carbonyl (C=O) groups is 4. The third kappa shape index (κ3) is 18.9. The number of hydrogen-bond donors (Lipinski definition) is 8. The Morgan fingerprint density at radius 3 is 1.05 bits per heavy atom. The van der Waals surface area contributed by atoms with Crippen molar-refractivity contribution in [2.24, 2.45) is 0 Å². The Hall–Kier alpha value is -3.80. The summed E-state index contributed by atoms with van der Waals surface area (Å²) >= 11 is 0. The van der Waals surface area contributed by atoms with Gasteiger partial charge in [0.25, 0.3) is 0 Å². The average molecular weight is 793 g/mol. The maximum absolute atomic E-state index is 13.5. The number of carbonyl (C=O) groups excluding carboxylic acids is 4. The van der Waals surface area contributed by atoms with Gasteiger partial charge in [0.15, 0.2) is 5.78 Å². The van der Waals surface area contributed by atoms with E-state index in [1.807, 2.05) is 0 Å². The summed E-state index contributed by atoms with van der Waals surface area (Å²) in [6.45, 7) is -1.47. The predicted octanol–water partition coefficient (Wildman–Crippen LogP) is 2.88. The van der Waals surface area contributed by atoms with Crippen molar-refractivity contribution in [3.8, 4) is 11.1 Å². The summed E-state index contributed by atoms with van der Waals surface area (Å²) in [5, 5.41) is 74.5. The number of rotatable bonds is 30. The second kappa shape index (κ2) is 27.7. The molecule has 0 aromatic heterocycles. The summed E-state index contributed by atoms with van der Waals surface area (Å²) in [7, 11) is 0. The van der Waals surface area contributed by atoms with Gasteiger partial charge < -0.3 is 55.1 Å². The average Bonchev–Trinajstić information content (AvgIpc) is 3.21. The van der Waals surface area contributed by atoms with Gasteiger partial charge in [-0.3, -0.25) is 4.79 Å². The lowest BCUT2D eigenvalue weighted by atomic mass is 9.94. The van der Waals surface area contributed by atoms with Crippen molar-refractivity contribution >= 4 is 23.7 Å². The number of aliphatic hydroxyl groups excluding tert-OH is 8. The monoisotopic (exact) mass is 792 g/mol. The van der Waals surface area contributed by atoms with Gasteiger partial charge in [-0.15, -0.1) is 0 Å². The van der Waals surface area contributed by atoms with E-state index in [-0.39, 0.29) is 80.7 Å². The zero-order chi connectivity index (χ0) is 41.3. The van der Waals surface area contributed by atoms with E-state index < -0.39 is 42.3 Å². The first-order valence-electron chi connectivity index (χ1n) is 19.4. The predicted molar refractivity (Wildman–Crippen MR) is 204 cm³/mol. The summed E-state index contributed by atoms with van der Waals surface area (Å²) in [5.74, 6) is -2.53. The van der Waals surface area contributed by atoms with Crippen molar-refractivity contribution in [1.82, 2.24) is 0 Å². The van der Waals surface area contributed by atoms with Crippen molar-refractivity contribution in [2.75, 3.05) is 46.2 Å². The molecule has 4 unspecified atom stereocenters. The Balaban J connectivity index is 2.42. The van der Waals surface area contributed by atoms with Gasteiger partial charge in [-0.1, -0.05) is 12.8 Å². The Labute approximate surface area is 327 Å². The fourth-order valence-electron chi connectivity index (χ4n) is 5.65. The molecule has 0 saturated carbocycles. The lowest BCUT2D eigenvalue weighted by molar-refractivity contribution is 0.0469. The van der Waals surface area contributed by atoms with Crippen LogP contribution in [0.3, 0.4) is 0 Å². The molecule has 0 amide bonds. The number of esters is 3. The summed E-state index contributed by atoms with van der Waals surface area (Å²) in [6.07, 6.45) is 2.38. The first kappa shape index (κ1) is 48.3. The molecule has 0 saturated heterocycles. The van der Waals surface area contributed by atoms with Gasteiger partial charge in [0.1, 0.15) is 0 Å². The number of Topliss-reactive ketones (excluding diaryl/α,β-unsaturated/α-hetero) is 1. The van der Waals surface area contributed by atoms with Gasteiger partial charge in [0.2, 0.25) is 0 Å². The molecule has 0 aliphatic heterocycles. The minimum Gasteiger partial charge on any atom is -0.462 e. The molecular weight excluding hydrogens is 732 g/mol. The first-order chi connectivity index (χ1) is 26.9. The highest BCUT2D eigenvalue weighted by atomic mass is 16.5. The van der Waals surface area contributed by atoms with Crippen LogP contribution in [0, 0.1) is 0 Å². The topological polar surface area (TPSA) is 258 Å². The van der Waals surface area contributed by atoms with Crippen LogP contribution in [-0.4, -0.2) is 135 Å². The number of benzene rings is 2. The molecule has 0 heterocycles. The maximum atomic E-state index is 13.5. The molecule has 2 aromatic rings. The molecule has 314 valence electrons. The van der Waals surface area contributed by atoms with Crippen molar-refractivity contribution in [2.45, 2.75) is 114 Å². The molecule has 0 bridgehead atoms. The molecule has 0 radical (unpaired) electrons. The van der Waals surface area contributed by atoms with Gasteiger partial charge in [0, 0.05) is 12.0 Å². The van der Waals surface area contributed by atoms with Gasteiger partial charge in [-0.2, -0.15) is 0 Å². The second-order valence-corrected chi connectivity index (χ2v) is 13.9. The lowest BCUT2D eigenvalue weighted by Crippen LogP contribution is -2.14. The Morgan fingerprint density at radius 1 is 0.411 bits per heavy atom. The molecule has 15 nitrogen and oxygen atoms in total. The Morgan fingerprint density at radius 2 is 0.714 bits per heavy atom. The van der Waals surface area contributed by atoms with Gasteiger partial charge >= 0.3 is 17.9 Å². The van der Waals surface area contributed by atoms with E-state index in [0.717, 1.165) is 0 Å². The minimum atomic E-state index is -0.878. The van der Waals surface area contributed by atoms with Gasteiger partial charge in [-0.05, 0) is 118 Å². The van der Waals surface area contributed by atoms with Crippen LogP contribution < -0.4 is 0 Å². The zero-order valence-corrected chi connectivity index (χ0v) is 32.1. The Bertz CT molecular complexity index is 1270. The SMILES string of the molecule is O=C(CCCCCC(O)CO)c1cc(C(=O)OCCCCC(O)CO)cc(-c2cc(C(=O)OCCCCC(O)CO)cc(C(=O)OCCCCC(O)CO)c2)c1. The number of ketones is 1. The number of unbranched alkanes of at least 4 members (excludes halogenated alkanes) is 5. The van der Waals surface area contributed by atoms with Crippen LogP contribution in [0.25, 0.3) is 11.1 Å². The summed E-state index contributed by atoms with van der Waals surface area (Å²) in [5.41, 5.74) is 0.823. The van der Waals surface area contributed by atoms with E-state index in [0.29, 0.717) is 94.6 Å². The summed E-state index contributed by atoms with van der Waals surface area (Å²) < 4.78 is 16.4. The van der Waals surface area contributed by atoms with E-state index in [4.69, 9.17) is 34.6 Å². The van der Waals surface area contributed by atoms with Crippen LogP contribution in [0.5, 0.6) is 0 Å². The second-order valence-electron chi connectivity index (χ2n) is 13.9. The third-order valence-electron chi connectivity index (χ3n) is 9.01. The summed E-state index contributed by atoms with van der Waals surface area (Å²) in [6, 6.07) is 8.66. The molecular formula is C41H60O15. The zero-order valence-electron chi connectivity index (χ0n) is 32.1. The number of ether oxygens (including phenoxy) is 3. The first-order valence-corrected chi connectivity index (χ1v) is 19.4. The Kier molecular flexibility index (Phi) is 24.0. The van der Waals surface area contributed by atoms with E-state index in [1.54, 1.807) is 6.07 Å². The van der Waals surface area contributed by atoms with Crippen LogP contribution in [0.15, 0.2) is 36.4 Å². The third-order valence-corrected chi connectivity index (χ3v) is 9.01. The van der Waals surface area contributed by atoms with E-state index >= 15 is 0 Å². The molecule has 2 aromatic carbocycles. The van der Waals surface area contributed by atoms with E-state index in [9.17, 15) is 39.6 Å². The highest BCUT2D eigenvalue weighted by Crippen LogP contribution is 2.28. The highest BCUT2D eigenvalue weighted by Gasteiger charge is 2.20. The number of aliphatic hydroxyl groups is 8. The van der Waals surface area contributed by atoms with Crippen LogP contribution in [-0.2, 0) is 14.2 Å². The molecule has 15 heteroatoms. The molecule has 8 N–H and O–H groups in total.